The van der Waals surface area contributed by atoms with Crippen LogP contribution in [-0.4, -0.2) is 31.1 Å². The van der Waals surface area contributed by atoms with Gasteiger partial charge in [-0.05, 0) is 55.7 Å². The summed E-state index contributed by atoms with van der Waals surface area (Å²) in [6.45, 7) is 3.65. The topological polar surface area (TPSA) is 76.7 Å². The predicted molar refractivity (Wildman–Crippen MR) is 128 cm³/mol. The fourth-order valence-corrected chi connectivity index (χ4v) is 3.79. The zero-order valence-corrected chi connectivity index (χ0v) is 18.7. The van der Waals surface area contributed by atoms with Gasteiger partial charge in [-0.25, -0.2) is 0 Å². The minimum Gasteiger partial charge on any atom is -0.489 e. The van der Waals surface area contributed by atoms with Crippen LogP contribution in [0.1, 0.15) is 44.7 Å². The second-order valence-electron chi connectivity index (χ2n) is 8.15. The summed E-state index contributed by atoms with van der Waals surface area (Å²) in [5.41, 5.74) is 3.55. The Labute approximate surface area is 193 Å². The van der Waals surface area contributed by atoms with E-state index in [1.165, 1.54) is 5.56 Å². The van der Waals surface area contributed by atoms with Crippen molar-refractivity contribution < 1.29 is 19.1 Å². The van der Waals surface area contributed by atoms with Gasteiger partial charge in [0.05, 0.1) is 17.4 Å². The highest BCUT2D eigenvalue weighted by Crippen LogP contribution is 2.20. The Hall–Kier alpha value is -3.64. The van der Waals surface area contributed by atoms with Gasteiger partial charge in [-0.1, -0.05) is 48.0 Å². The molecule has 4 rings (SSSR count). The Morgan fingerprint density at radius 1 is 1.00 bits per heavy atom. The van der Waals surface area contributed by atoms with Crippen LogP contribution in [0.4, 0.5) is 5.69 Å². The molecular formula is C27H28N2O4. The molecule has 0 aromatic heterocycles. The van der Waals surface area contributed by atoms with E-state index < -0.39 is 0 Å². The number of amides is 2. The summed E-state index contributed by atoms with van der Waals surface area (Å²) in [7, 11) is 0. The Balaban J connectivity index is 1.40. The number of hydrogen-bond acceptors (Lipinski definition) is 4. The highest BCUT2D eigenvalue weighted by atomic mass is 16.5. The van der Waals surface area contributed by atoms with Gasteiger partial charge in [-0.3, -0.25) is 9.59 Å². The van der Waals surface area contributed by atoms with Gasteiger partial charge in [-0.2, -0.15) is 0 Å². The van der Waals surface area contributed by atoms with Crippen molar-refractivity contribution in [3.05, 3.63) is 95.1 Å². The molecule has 0 aliphatic carbocycles. The van der Waals surface area contributed by atoms with Crippen molar-refractivity contribution in [3.8, 4) is 5.75 Å². The molecule has 1 heterocycles. The average molecular weight is 445 g/mol. The molecule has 2 amide bonds. The number of anilines is 1. The van der Waals surface area contributed by atoms with Crippen molar-refractivity contribution in [2.75, 3.05) is 18.5 Å². The zero-order valence-electron chi connectivity index (χ0n) is 18.7. The first-order valence-electron chi connectivity index (χ1n) is 11.2. The highest BCUT2D eigenvalue weighted by molar-refractivity contribution is 6.09. The summed E-state index contributed by atoms with van der Waals surface area (Å²) in [4.78, 5) is 25.6. The van der Waals surface area contributed by atoms with Crippen molar-refractivity contribution >= 4 is 17.5 Å². The predicted octanol–water partition coefficient (Wildman–Crippen LogP) is 4.74. The molecule has 2 N–H and O–H groups in total. The normalized spacial score (nSPS) is 15.1. The molecular weight excluding hydrogens is 416 g/mol. The standard InChI is InChI=1S/C27H28N2O4/c1-19-7-4-8-20(15-19)18-33-22-10-5-9-21(16-22)26(30)29-25-13-3-2-12-24(25)27(31)28-17-23-11-6-14-32-23/h2-5,7-10,12-13,15-16,23H,6,11,14,17-18H2,1H3,(H,28,31)(H,29,30). The van der Waals surface area contributed by atoms with Gasteiger partial charge in [0.25, 0.3) is 11.8 Å². The minimum atomic E-state index is -0.310. The van der Waals surface area contributed by atoms with Crippen LogP contribution in [0.2, 0.25) is 0 Å². The molecule has 3 aromatic carbocycles. The van der Waals surface area contributed by atoms with Crippen LogP contribution in [0.15, 0.2) is 72.8 Å². The second-order valence-corrected chi connectivity index (χ2v) is 8.15. The molecule has 1 fully saturated rings. The van der Waals surface area contributed by atoms with Crippen molar-refractivity contribution in [1.82, 2.24) is 5.32 Å². The molecule has 170 valence electrons. The van der Waals surface area contributed by atoms with Crippen molar-refractivity contribution in [1.29, 1.82) is 0 Å². The first-order valence-corrected chi connectivity index (χ1v) is 11.2. The lowest BCUT2D eigenvalue weighted by Gasteiger charge is -2.14. The molecule has 3 aromatic rings. The van der Waals surface area contributed by atoms with Gasteiger partial charge in [0.1, 0.15) is 12.4 Å². The molecule has 33 heavy (non-hydrogen) atoms. The van der Waals surface area contributed by atoms with E-state index >= 15 is 0 Å². The van der Waals surface area contributed by atoms with E-state index in [1.54, 1.807) is 42.5 Å². The van der Waals surface area contributed by atoms with Gasteiger partial charge in [0.15, 0.2) is 0 Å². The van der Waals surface area contributed by atoms with Crippen LogP contribution in [0.3, 0.4) is 0 Å². The summed E-state index contributed by atoms with van der Waals surface area (Å²) in [5, 5.41) is 5.76. The van der Waals surface area contributed by atoms with E-state index in [9.17, 15) is 9.59 Å². The third kappa shape index (κ3) is 6.20. The fraction of sp³-hybridized carbons (Fsp3) is 0.259. The van der Waals surface area contributed by atoms with E-state index in [0.29, 0.717) is 35.7 Å². The molecule has 6 nitrogen and oxygen atoms in total. The molecule has 1 aliphatic heterocycles. The van der Waals surface area contributed by atoms with Crippen LogP contribution in [0.5, 0.6) is 5.75 Å². The lowest BCUT2D eigenvalue weighted by Crippen LogP contribution is -2.32. The van der Waals surface area contributed by atoms with Gasteiger partial charge >= 0.3 is 0 Å². The third-order valence-electron chi connectivity index (χ3n) is 5.52. The number of ether oxygens (including phenoxy) is 2. The summed E-state index contributed by atoms with van der Waals surface area (Å²) in [5.74, 6) is 0.0544. The largest absolute Gasteiger partial charge is 0.489 e. The Morgan fingerprint density at radius 2 is 1.85 bits per heavy atom. The number of benzene rings is 3. The summed E-state index contributed by atoms with van der Waals surface area (Å²) in [6, 6.07) is 22.1. The van der Waals surface area contributed by atoms with Crippen molar-refractivity contribution in [3.63, 3.8) is 0 Å². The Morgan fingerprint density at radius 3 is 2.67 bits per heavy atom. The maximum absolute atomic E-state index is 12.9. The van der Waals surface area contributed by atoms with Crippen molar-refractivity contribution in [2.45, 2.75) is 32.5 Å². The van der Waals surface area contributed by atoms with E-state index in [-0.39, 0.29) is 17.9 Å². The first kappa shape index (κ1) is 22.6. The number of aryl methyl sites for hydroxylation is 1. The first-order chi connectivity index (χ1) is 16.1. The molecule has 1 aliphatic rings. The molecule has 0 saturated carbocycles. The lowest BCUT2D eigenvalue weighted by molar-refractivity contribution is 0.0858. The number of carbonyl (C=O) groups excluding carboxylic acids is 2. The number of rotatable bonds is 8. The Bertz CT molecular complexity index is 1120. The van der Waals surface area contributed by atoms with Gasteiger partial charge in [0, 0.05) is 18.7 Å². The molecule has 1 unspecified atom stereocenters. The lowest BCUT2D eigenvalue weighted by atomic mass is 10.1. The second kappa shape index (κ2) is 10.8. The summed E-state index contributed by atoms with van der Waals surface area (Å²) < 4.78 is 11.4. The fourth-order valence-electron chi connectivity index (χ4n) is 3.79. The van der Waals surface area contributed by atoms with Crippen LogP contribution in [0.25, 0.3) is 0 Å². The van der Waals surface area contributed by atoms with E-state index in [2.05, 4.69) is 16.7 Å². The van der Waals surface area contributed by atoms with Crippen molar-refractivity contribution in [2.24, 2.45) is 0 Å². The van der Waals surface area contributed by atoms with Crippen LogP contribution < -0.4 is 15.4 Å². The molecule has 0 spiro atoms. The van der Waals surface area contributed by atoms with Gasteiger partial charge in [-0.15, -0.1) is 0 Å². The maximum atomic E-state index is 12.9. The summed E-state index contributed by atoms with van der Waals surface area (Å²) in [6.07, 6.45) is 2.01. The van der Waals surface area contributed by atoms with Crippen LogP contribution >= 0.6 is 0 Å². The monoisotopic (exact) mass is 444 g/mol. The number of carbonyl (C=O) groups is 2. The smallest absolute Gasteiger partial charge is 0.255 e. The molecule has 6 heteroatoms. The van der Waals surface area contributed by atoms with Crippen LogP contribution in [0, 0.1) is 6.92 Å². The molecule has 0 radical (unpaired) electrons. The van der Waals surface area contributed by atoms with E-state index in [4.69, 9.17) is 9.47 Å². The van der Waals surface area contributed by atoms with Crippen LogP contribution in [-0.2, 0) is 11.3 Å². The maximum Gasteiger partial charge on any atom is 0.255 e. The van der Waals surface area contributed by atoms with E-state index in [0.717, 1.165) is 25.0 Å². The Kier molecular flexibility index (Phi) is 7.37. The van der Waals surface area contributed by atoms with Gasteiger partial charge < -0.3 is 20.1 Å². The van der Waals surface area contributed by atoms with E-state index in [1.807, 2.05) is 31.2 Å². The molecule has 0 bridgehead atoms. The highest BCUT2D eigenvalue weighted by Gasteiger charge is 2.19. The third-order valence-corrected chi connectivity index (χ3v) is 5.52. The average Bonchev–Trinajstić information content (AvgIpc) is 3.36. The van der Waals surface area contributed by atoms with Gasteiger partial charge in [0.2, 0.25) is 0 Å². The quantitative estimate of drug-likeness (QED) is 0.526. The zero-order chi connectivity index (χ0) is 23.0. The molecule has 1 saturated heterocycles. The molecule has 1 atom stereocenters. The SMILES string of the molecule is Cc1cccc(COc2cccc(C(=O)Nc3ccccc3C(=O)NCC3CCCO3)c2)c1. The number of hydrogen-bond donors (Lipinski definition) is 2. The minimum absolute atomic E-state index is 0.0539. The number of nitrogens with one attached hydrogen (secondary N) is 2. The summed E-state index contributed by atoms with van der Waals surface area (Å²) >= 11 is 0. The number of para-hydroxylation sites is 1.